The van der Waals surface area contributed by atoms with Gasteiger partial charge in [-0.2, -0.15) is 0 Å². The first kappa shape index (κ1) is 4.93. The van der Waals surface area contributed by atoms with Crippen LogP contribution in [0.4, 0.5) is 4.39 Å². The number of hydrogen-bond acceptors (Lipinski definition) is 0. The Bertz CT molecular complexity index is 17.6. The molecule has 0 saturated heterocycles. The highest BCUT2D eigenvalue weighted by atomic mass is 19.1. The molecule has 0 aliphatic heterocycles. The Kier molecular flexibility index (Phi) is 2.15. The van der Waals surface area contributed by atoms with Gasteiger partial charge >= 0.3 is 0 Å². The topological polar surface area (TPSA) is 0 Å². The standard InChI is InChI=1S/C4H8F/c1-3-4(2)5/h3H2,1-2H3. The van der Waals surface area contributed by atoms with E-state index in [4.69, 9.17) is 0 Å². The molecular formula is C4H8F. The molecule has 0 spiro atoms. The molecule has 0 unspecified atom stereocenters. The summed E-state index contributed by atoms with van der Waals surface area (Å²) in [5.41, 5.74) is 0. The van der Waals surface area contributed by atoms with Gasteiger partial charge in [-0.3, -0.25) is 0 Å². The van der Waals surface area contributed by atoms with Crippen molar-refractivity contribution in [2.24, 2.45) is 0 Å². The Labute approximate surface area is 32.0 Å². The molecule has 0 amide bonds. The van der Waals surface area contributed by atoms with E-state index >= 15 is 0 Å². The fourth-order valence-corrected chi connectivity index (χ4v) is 0. The molecule has 0 aliphatic rings. The fraction of sp³-hybridized carbons (Fsp3) is 0.750. The number of rotatable bonds is 1. The molecule has 0 heterocycles. The minimum Gasteiger partial charge on any atom is -0.241 e. The maximum absolute atomic E-state index is 11.3. The highest BCUT2D eigenvalue weighted by Crippen LogP contribution is 2.01. The second kappa shape index (κ2) is 2.18. The van der Waals surface area contributed by atoms with Crippen molar-refractivity contribution in [3.05, 3.63) is 6.17 Å². The Morgan fingerprint density at radius 3 is 2.00 bits per heavy atom. The van der Waals surface area contributed by atoms with Crippen LogP contribution in [0.3, 0.4) is 0 Å². The van der Waals surface area contributed by atoms with Crippen molar-refractivity contribution < 1.29 is 4.39 Å². The first-order valence-electron chi connectivity index (χ1n) is 1.75. The van der Waals surface area contributed by atoms with Crippen molar-refractivity contribution in [3.8, 4) is 0 Å². The smallest absolute Gasteiger partial charge is 0.141 e. The normalized spacial score (nSPS) is 9.60. The summed E-state index contributed by atoms with van der Waals surface area (Å²) in [5, 5.41) is 0. The van der Waals surface area contributed by atoms with Crippen molar-refractivity contribution in [3.63, 3.8) is 0 Å². The Balaban J connectivity index is 2.54. The quantitative estimate of drug-likeness (QED) is 0.446. The predicted octanol–water partition coefficient (Wildman–Crippen LogP) is 1.92. The van der Waals surface area contributed by atoms with Gasteiger partial charge in [-0.25, -0.2) is 4.39 Å². The van der Waals surface area contributed by atoms with E-state index in [2.05, 4.69) is 0 Å². The lowest BCUT2D eigenvalue weighted by Gasteiger charge is -1.84. The fourth-order valence-electron chi connectivity index (χ4n) is 0. The van der Waals surface area contributed by atoms with E-state index < -0.39 is 0 Å². The van der Waals surface area contributed by atoms with Crippen molar-refractivity contribution >= 4 is 0 Å². The van der Waals surface area contributed by atoms with E-state index in [1.54, 1.807) is 6.92 Å². The summed E-state index contributed by atoms with van der Waals surface area (Å²) in [5.74, 6) is 0. The third kappa shape index (κ3) is 3.93. The Morgan fingerprint density at radius 2 is 2.00 bits per heavy atom. The van der Waals surface area contributed by atoms with Gasteiger partial charge in [-0.1, -0.05) is 6.92 Å². The Morgan fingerprint density at radius 1 is 1.80 bits per heavy atom. The maximum Gasteiger partial charge on any atom is 0.141 e. The summed E-state index contributed by atoms with van der Waals surface area (Å²) in [6.07, 6.45) is 0.560. The molecular weight excluding hydrogens is 67.0 g/mol. The highest BCUT2D eigenvalue weighted by Gasteiger charge is 1.87. The molecule has 0 fully saturated rings. The summed E-state index contributed by atoms with van der Waals surface area (Å²) in [6.45, 7) is 3.26. The van der Waals surface area contributed by atoms with Gasteiger partial charge in [0, 0.05) is 0 Å². The number of hydrogen-bond donors (Lipinski definition) is 0. The van der Waals surface area contributed by atoms with Crippen LogP contribution >= 0.6 is 0 Å². The van der Waals surface area contributed by atoms with E-state index in [9.17, 15) is 4.39 Å². The van der Waals surface area contributed by atoms with Crippen molar-refractivity contribution in [2.45, 2.75) is 20.3 Å². The van der Waals surface area contributed by atoms with Crippen LogP contribution in [0, 0.1) is 6.17 Å². The molecule has 0 N–H and O–H groups in total. The van der Waals surface area contributed by atoms with Crippen LogP contribution in [0.1, 0.15) is 20.3 Å². The van der Waals surface area contributed by atoms with Crippen LogP contribution < -0.4 is 0 Å². The SMILES string of the molecule is CC[C](C)F. The van der Waals surface area contributed by atoms with Gasteiger partial charge in [0.25, 0.3) is 0 Å². The maximum atomic E-state index is 11.3. The molecule has 0 saturated carbocycles. The minimum absolute atomic E-state index is 0.00463. The summed E-state index contributed by atoms with van der Waals surface area (Å²) < 4.78 is 11.3. The van der Waals surface area contributed by atoms with E-state index in [0.717, 1.165) is 0 Å². The van der Waals surface area contributed by atoms with Crippen molar-refractivity contribution in [1.29, 1.82) is 0 Å². The van der Waals surface area contributed by atoms with Gasteiger partial charge in [0.15, 0.2) is 0 Å². The predicted molar refractivity (Wildman–Crippen MR) is 20.3 cm³/mol. The van der Waals surface area contributed by atoms with Crippen molar-refractivity contribution in [2.75, 3.05) is 0 Å². The molecule has 1 heteroatoms. The molecule has 1 radical (unpaired) electrons. The third-order valence-corrected chi connectivity index (χ3v) is 0.487. The highest BCUT2D eigenvalue weighted by molar-refractivity contribution is 4.61. The van der Waals surface area contributed by atoms with Crippen LogP contribution in [0.25, 0.3) is 0 Å². The largest absolute Gasteiger partial charge is 0.241 e. The summed E-state index contributed by atoms with van der Waals surface area (Å²) in [7, 11) is 0. The van der Waals surface area contributed by atoms with Gasteiger partial charge in [0.2, 0.25) is 0 Å². The zero-order valence-electron chi connectivity index (χ0n) is 3.59. The van der Waals surface area contributed by atoms with E-state index in [0.29, 0.717) is 6.42 Å². The van der Waals surface area contributed by atoms with E-state index in [-0.39, 0.29) is 6.17 Å². The van der Waals surface area contributed by atoms with Crippen LogP contribution in [0.5, 0.6) is 0 Å². The van der Waals surface area contributed by atoms with Gasteiger partial charge < -0.3 is 0 Å². The molecule has 31 valence electrons. The van der Waals surface area contributed by atoms with Crippen LogP contribution in [-0.2, 0) is 0 Å². The van der Waals surface area contributed by atoms with Crippen LogP contribution in [-0.4, -0.2) is 0 Å². The summed E-state index contributed by atoms with van der Waals surface area (Å²) >= 11 is 0. The molecule has 0 aliphatic carbocycles. The molecule has 0 aromatic heterocycles. The average Bonchev–Trinajstić information content (AvgIpc) is 1.38. The molecule has 0 aromatic rings. The summed E-state index contributed by atoms with van der Waals surface area (Å²) in [4.78, 5) is 0. The molecule has 0 atom stereocenters. The lowest BCUT2D eigenvalue weighted by molar-refractivity contribution is 0.486. The van der Waals surface area contributed by atoms with E-state index in [1.807, 2.05) is 0 Å². The lowest BCUT2D eigenvalue weighted by atomic mass is 10.4. The van der Waals surface area contributed by atoms with Crippen LogP contribution in [0.2, 0.25) is 0 Å². The minimum atomic E-state index is 0.00463. The van der Waals surface area contributed by atoms with Gasteiger partial charge in [0.05, 0.1) is 0 Å². The third-order valence-electron chi connectivity index (χ3n) is 0.487. The zero-order chi connectivity index (χ0) is 4.28. The average molecular weight is 75.1 g/mol. The summed E-state index contributed by atoms with van der Waals surface area (Å²) in [6, 6.07) is 0. The number of halogens is 1. The molecule has 0 nitrogen and oxygen atoms in total. The first-order chi connectivity index (χ1) is 2.27. The Hall–Kier alpha value is -0.0700. The lowest BCUT2D eigenvalue weighted by Crippen LogP contribution is -1.70. The second-order valence-electron chi connectivity index (χ2n) is 1.03. The van der Waals surface area contributed by atoms with Gasteiger partial charge in [-0.15, -0.1) is 0 Å². The zero-order valence-corrected chi connectivity index (χ0v) is 3.59. The molecule has 0 rings (SSSR count). The van der Waals surface area contributed by atoms with Crippen molar-refractivity contribution in [1.82, 2.24) is 0 Å². The van der Waals surface area contributed by atoms with Crippen LogP contribution in [0.15, 0.2) is 0 Å². The van der Waals surface area contributed by atoms with E-state index in [1.165, 1.54) is 6.92 Å². The molecule has 0 aromatic carbocycles. The second-order valence-corrected chi connectivity index (χ2v) is 1.03. The molecule has 0 bridgehead atoms. The van der Waals surface area contributed by atoms with Gasteiger partial charge in [0.1, 0.15) is 6.17 Å². The van der Waals surface area contributed by atoms with Gasteiger partial charge in [-0.05, 0) is 13.3 Å². The molecule has 5 heavy (non-hydrogen) atoms. The first-order valence-corrected chi connectivity index (χ1v) is 1.75. The monoisotopic (exact) mass is 75.1 g/mol.